The molecule has 3 rings (SSSR count). The Labute approximate surface area is 106 Å². The highest BCUT2D eigenvalue weighted by Gasteiger charge is 2.17. The fourth-order valence-corrected chi connectivity index (χ4v) is 2.27. The molecule has 0 unspecified atom stereocenters. The third-order valence-corrected chi connectivity index (χ3v) is 3.20. The Morgan fingerprint density at radius 3 is 2.78 bits per heavy atom. The zero-order valence-electron chi connectivity index (χ0n) is 10.4. The van der Waals surface area contributed by atoms with E-state index in [1.807, 2.05) is 37.4 Å². The lowest BCUT2D eigenvalue weighted by atomic mass is 10.1. The number of nitrogens with zero attached hydrogens (tertiary/aromatic N) is 2. The highest BCUT2D eigenvalue weighted by atomic mass is 15.0. The molecule has 0 amide bonds. The molecule has 1 aromatic heterocycles. The van der Waals surface area contributed by atoms with Crippen molar-refractivity contribution in [2.24, 2.45) is 0 Å². The molecule has 0 radical (unpaired) electrons. The zero-order valence-corrected chi connectivity index (χ0v) is 10.4. The molecule has 1 aliphatic rings. The van der Waals surface area contributed by atoms with Crippen LogP contribution in [0, 0.1) is 0 Å². The van der Waals surface area contributed by atoms with Crippen LogP contribution in [0.4, 0.5) is 5.82 Å². The molecule has 0 saturated heterocycles. The lowest BCUT2D eigenvalue weighted by Gasteiger charge is -2.19. The summed E-state index contributed by atoms with van der Waals surface area (Å²) in [5.74, 6) is 1.74. The van der Waals surface area contributed by atoms with Gasteiger partial charge in [-0.1, -0.05) is 30.3 Å². The van der Waals surface area contributed by atoms with Gasteiger partial charge < -0.3 is 10.6 Å². The molecular formula is C14H16N4. The first-order valence-corrected chi connectivity index (χ1v) is 6.22. The molecule has 0 aliphatic carbocycles. The van der Waals surface area contributed by atoms with Crippen molar-refractivity contribution >= 4 is 5.82 Å². The Hall–Kier alpha value is -1.94. The van der Waals surface area contributed by atoms with E-state index in [4.69, 9.17) is 4.98 Å². The summed E-state index contributed by atoms with van der Waals surface area (Å²) < 4.78 is 0. The molecule has 2 N–H and O–H groups in total. The van der Waals surface area contributed by atoms with Crippen LogP contribution in [0.3, 0.4) is 0 Å². The van der Waals surface area contributed by atoms with Crippen LogP contribution in [0.15, 0.2) is 30.3 Å². The van der Waals surface area contributed by atoms with Crippen molar-refractivity contribution in [2.45, 2.75) is 13.0 Å². The second kappa shape index (κ2) is 4.74. The maximum atomic E-state index is 4.70. The molecule has 0 bridgehead atoms. The summed E-state index contributed by atoms with van der Waals surface area (Å²) in [6, 6.07) is 10.1. The van der Waals surface area contributed by atoms with Crippen LogP contribution in [0.25, 0.3) is 11.4 Å². The second-order valence-corrected chi connectivity index (χ2v) is 4.36. The largest absolute Gasteiger partial charge is 0.373 e. The van der Waals surface area contributed by atoms with Crippen molar-refractivity contribution in [1.82, 2.24) is 15.3 Å². The van der Waals surface area contributed by atoms with E-state index >= 15 is 0 Å². The van der Waals surface area contributed by atoms with Crippen LogP contribution in [-0.2, 0) is 13.0 Å². The molecule has 4 nitrogen and oxygen atoms in total. The van der Waals surface area contributed by atoms with Gasteiger partial charge in [0.1, 0.15) is 5.82 Å². The minimum absolute atomic E-state index is 0.806. The van der Waals surface area contributed by atoms with Gasteiger partial charge in [0.2, 0.25) is 0 Å². The molecule has 0 saturated carbocycles. The summed E-state index contributed by atoms with van der Waals surface area (Å²) in [7, 11) is 1.91. The number of nitrogens with one attached hydrogen (secondary N) is 2. The molecule has 1 aliphatic heterocycles. The number of benzene rings is 1. The first-order valence-electron chi connectivity index (χ1n) is 6.22. The summed E-state index contributed by atoms with van der Waals surface area (Å²) >= 11 is 0. The molecule has 18 heavy (non-hydrogen) atoms. The SMILES string of the molecule is CNc1nc(-c2ccccc2)nc2c1CNCC2. The van der Waals surface area contributed by atoms with Crippen LogP contribution in [-0.4, -0.2) is 23.6 Å². The van der Waals surface area contributed by atoms with Crippen LogP contribution in [0.2, 0.25) is 0 Å². The topological polar surface area (TPSA) is 49.8 Å². The molecule has 0 spiro atoms. The average Bonchev–Trinajstić information content (AvgIpc) is 2.47. The van der Waals surface area contributed by atoms with E-state index < -0.39 is 0 Å². The van der Waals surface area contributed by atoms with E-state index in [-0.39, 0.29) is 0 Å². The average molecular weight is 240 g/mol. The van der Waals surface area contributed by atoms with Crippen LogP contribution in [0.5, 0.6) is 0 Å². The monoisotopic (exact) mass is 240 g/mol. The van der Waals surface area contributed by atoms with Gasteiger partial charge >= 0.3 is 0 Å². The standard InChI is InChI=1S/C14H16N4/c1-15-14-11-9-16-8-7-12(11)17-13(18-14)10-5-3-2-4-6-10/h2-6,16H,7-9H2,1H3,(H,15,17,18). The maximum absolute atomic E-state index is 4.70. The van der Waals surface area contributed by atoms with Gasteiger partial charge in [-0.15, -0.1) is 0 Å². The smallest absolute Gasteiger partial charge is 0.161 e. The van der Waals surface area contributed by atoms with Crippen molar-refractivity contribution in [3.63, 3.8) is 0 Å². The Morgan fingerprint density at radius 1 is 1.17 bits per heavy atom. The number of fused-ring (bicyclic) bond motifs is 1. The third kappa shape index (κ3) is 1.95. The Balaban J connectivity index is 2.12. The van der Waals surface area contributed by atoms with E-state index in [1.165, 1.54) is 5.56 Å². The number of rotatable bonds is 2. The number of anilines is 1. The molecule has 4 heteroatoms. The molecule has 2 aromatic rings. The van der Waals surface area contributed by atoms with Crippen LogP contribution in [0.1, 0.15) is 11.3 Å². The predicted molar refractivity (Wildman–Crippen MR) is 72.4 cm³/mol. The first kappa shape index (κ1) is 11.2. The third-order valence-electron chi connectivity index (χ3n) is 3.20. The van der Waals surface area contributed by atoms with Gasteiger partial charge in [-0.2, -0.15) is 0 Å². The fraction of sp³-hybridized carbons (Fsp3) is 0.286. The van der Waals surface area contributed by atoms with Crippen LogP contribution < -0.4 is 10.6 Å². The van der Waals surface area contributed by atoms with Crippen molar-refractivity contribution in [3.05, 3.63) is 41.6 Å². The minimum atomic E-state index is 0.806. The number of aromatic nitrogens is 2. The number of hydrogen-bond acceptors (Lipinski definition) is 4. The molecule has 1 aromatic carbocycles. The normalized spacial score (nSPS) is 14.1. The highest BCUT2D eigenvalue weighted by Crippen LogP contribution is 2.24. The second-order valence-electron chi connectivity index (χ2n) is 4.36. The van der Waals surface area contributed by atoms with Crippen molar-refractivity contribution in [2.75, 3.05) is 18.9 Å². The quantitative estimate of drug-likeness (QED) is 0.841. The fourth-order valence-electron chi connectivity index (χ4n) is 2.27. The maximum Gasteiger partial charge on any atom is 0.161 e. The van der Waals surface area contributed by atoms with Gasteiger partial charge in [-0.3, -0.25) is 0 Å². The van der Waals surface area contributed by atoms with Crippen molar-refractivity contribution in [1.29, 1.82) is 0 Å². The Kier molecular flexibility index (Phi) is 2.94. The van der Waals surface area contributed by atoms with Gasteiger partial charge in [-0.05, 0) is 0 Å². The predicted octanol–water partition coefficient (Wildman–Crippen LogP) is 1.83. The van der Waals surface area contributed by atoms with Crippen LogP contribution >= 0.6 is 0 Å². The van der Waals surface area contributed by atoms with Crippen molar-refractivity contribution in [3.8, 4) is 11.4 Å². The summed E-state index contributed by atoms with van der Waals surface area (Å²) in [6.45, 7) is 1.84. The van der Waals surface area contributed by atoms with Gasteiger partial charge in [-0.25, -0.2) is 9.97 Å². The van der Waals surface area contributed by atoms with E-state index in [0.717, 1.165) is 42.4 Å². The van der Waals surface area contributed by atoms with Gasteiger partial charge in [0.15, 0.2) is 5.82 Å². The van der Waals surface area contributed by atoms with E-state index in [2.05, 4.69) is 15.6 Å². The molecule has 0 atom stereocenters. The van der Waals surface area contributed by atoms with Crippen molar-refractivity contribution < 1.29 is 0 Å². The van der Waals surface area contributed by atoms with Gasteiger partial charge in [0, 0.05) is 37.7 Å². The molecular weight excluding hydrogens is 224 g/mol. The van der Waals surface area contributed by atoms with E-state index in [1.54, 1.807) is 0 Å². The first-order chi connectivity index (χ1) is 8.88. The lowest BCUT2D eigenvalue weighted by molar-refractivity contribution is 0.628. The van der Waals surface area contributed by atoms with Gasteiger partial charge in [0.05, 0.1) is 5.69 Å². The molecule has 2 heterocycles. The number of hydrogen-bond donors (Lipinski definition) is 2. The summed E-state index contributed by atoms with van der Waals surface area (Å²) in [5.41, 5.74) is 3.42. The Morgan fingerprint density at radius 2 is 2.00 bits per heavy atom. The van der Waals surface area contributed by atoms with Gasteiger partial charge in [0.25, 0.3) is 0 Å². The van der Waals surface area contributed by atoms with E-state index in [9.17, 15) is 0 Å². The summed E-state index contributed by atoms with van der Waals surface area (Å²) in [6.07, 6.45) is 0.965. The lowest BCUT2D eigenvalue weighted by Crippen LogP contribution is -2.26. The Bertz CT molecular complexity index is 534. The summed E-state index contributed by atoms with van der Waals surface area (Å²) in [4.78, 5) is 9.31. The zero-order chi connectivity index (χ0) is 12.4. The highest BCUT2D eigenvalue weighted by molar-refractivity contribution is 5.60. The minimum Gasteiger partial charge on any atom is -0.373 e. The van der Waals surface area contributed by atoms with E-state index in [0.29, 0.717) is 0 Å². The molecule has 0 fully saturated rings. The molecule has 92 valence electrons. The summed E-state index contributed by atoms with van der Waals surface area (Å²) in [5, 5.41) is 6.53.